The number of piperazine rings is 1. The van der Waals surface area contributed by atoms with Crippen molar-refractivity contribution in [1.82, 2.24) is 34.9 Å². The minimum absolute atomic E-state index is 0.371. The topological polar surface area (TPSA) is 105 Å². The summed E-state index contributed by atoms with van der Waals surface area (Å²) in [7, 11) is 0. The summed E-state index contributed by atoms with van der Waals surface area (Å²) >= 11 is 0. The molecule has 2 N–H and O–H groups in total. The second kappa shape index (κ2) is 8.80. The molecule has 10 heteroatoms. The van der Waals surface area contributed by atoms with Crippen LogP contribution in [0.25, 0.3) is 16.6 Å². The molecule has 1 aromatic carbocycles. The highest BCUT2D eigenvalue weighted by atomic mass is 16.5. The third-order valence-corrected chi connectivity index (χ3v) is 6.22. The van der Waals surface area contributed by atoms with Gasteiger partial charge in [-0.25, -0.2) is 24.5 Å². The maximum absolute atomic E-state index is 6.10. The number of benzene rings is 1. The van der Waals surface area contributed by atoms with Gasteiger partial charge in [-0.1, -0.05) is 0 Å². The maximum atomic E-state index is 6.10. The van der Waals surface area contributed by atoms with Gasteiger partial charge in [-0.05, 0) is 49.7 Å². The molecule has 0 aliphatic carbocycles. The molecular weight excluding hydrogens is 442 g/mol. The number of aryl methyl sites for hydroxylation is 1. The first-order valence-electron chi connectivity index (χ1n) is 11.6. The molecule has 35 heavy (non-hydrogen) atoms. The number of rotatable bonds is 5. The molecule has 1 saturated heterocycles. The standard InChI is InChI=1S/C25H25N9O/c1-16-9-18(3-4-22(16)35-19-5-7-34-24(10-19)29-15-31-34)32-25-20-11-23(27-13-21(20)28-14-30-25)33-8-6-26-12-17(33)2/h3-5,7,9-11,13-15,17,26H,6,8,12H2,1-2H3,(H,28,30,32)/t17-/m0/s1. The normalized spacial score (nSPS) is 16.1. The van der Waals surface area contributed by atoms with E-state index in [1.807, 2.05) is 49.6 Å². The van der Waals surface area contributed by atoms with Crippen LogP contribution in [0, 0.1) is 6.92 Å². The first kappa shape index (κ1) is 21.2. The molecule has 176 valence electrons. The molecule has 1 fully saturated rings. The third-order valence-electron chi connectivity index (χ3n) is 6.22. The van der Waals surface area contributed by atoms with Gasteiger partial charge in [-0.3, -0.25) is 0 Å². The van der Waals surface area contributed by atoms with Crippen LogP contribution in [0.2, 0.25) is 0 Å². The molecule has 6 rings (SSSR count). The molecule has 10 nitrogen and oxygen atoms in total. The van der Waals surface area contributed by atoms with Gasteiger partial charge in [0.05, 0.1) is 11.7 Å². The molecule has 4 aromatic heterocycles. The maximum Gasteiger partial charge on any atom is 0.158 e. The molecule has 0 saturated carbocycles. The molecule has 1 atom stereocenters. The largest absolute Gasteiger partial charge is 0.457 e. The third kappa shape index (κ3) is 4.19. The summed E-state index contributed by atoms with van der Waals surface area (Å²) in [6.07, 6.45) is 6.73. The number of nitrogens with one attached hydrogen (secondary N) is 2. The Labute approximate surface area is 202 Å². The summed E-state index contributed by atoms with van der Waals surface area (Å²) in [6, 6.07) is 12.1. The summed E-state index contributed by atoms with van der Waals surface area (Å²) in [4.78, 5) is 20.1. The van der Waals surface area contributed by atoms with Crippen LogP contribution in [0.5, 0.6) is 11.5 Å². The Morgan fingerprint density at radius 2 is 2.00 bits per heavy atom. The fourth-order valence-electron chi connectivity index (χ4n) is 4.35. The average Bonchev–Trinajstić information content (AvgIpc) is 3.34. The number of hydrogen-bond acceptors (Lipinski definition) is 9. The first-order valence-corrected chi connectivity index (χ1v) is 11.6. The van der Waals surface area contributed by atoms with Crippen molar-refractivity contribution < 1.29 is 4.74 Å². The minimum Gasteiger partial charge on any atom is -0.457 e. The van der Waals surface area contributed by atoms with Gasteiger partial charge in [-0.15, -0.1) is 0 Å². The Bertz CT molecular complexity index is 1520. The zero-order chi connectivity index (χ0) is 23.8. The van der Waals surface area contributed by atoms with Crippen molar-refractivity contribution in [3.05, 3.63) is 67.0 Å². The zero-order valence-corrected chi connectivity index (χ0v) is 19.5. The number of pyridine rings is 2. The summed E-state index contributed by atoms with van der Waals surface area (Å²) < 4.78 is 7.80. The van der Waals surface area contributed by atoms with Crippen LogP contribution in [0.1, 0.15) is 12.5 Å². The highest BCUT2D eigenvalue weighted by Crippen LogP contribution is 2.31. The Hall–Kier alpha value is -4.31. The van der Waals surface area contributed by atoms with Crippen LogP contribution in [0.3, 0.4) is 0 Å². The van der Waals surface area contributed by atoms with E-state index in [9.17, 15) is 0 Å². The lowest BCUT2D eigenvalue weighted by atomic mass is 10.2. The fourth-order valence-corrected chi connectivity index (χ4v) is 4.35. The highest BCUT2D eigenvalue weighted by molar-refractivity contribution is 5.92. The van der Waals surface area contributed by atoms with E-state index in [0.717, 1.165) is 64.8 Å². The van der Waals surface area contributed by atoms with Gasteiger partial charge in [0.1, 0.15) is 35.8 Å². The van der Waals surface area contributed by atoms with Crippen molar-refractivity contribution in [2.75, 3.05) is 29.9 Å². The van der Waals surface area contributed by atoms with E-state index >= 15 is 0 Å². The molecule has 0 radical (unpaired) electrons. The highest BCUT2D eigenvalue weighted by Gasteiger charge is 2.20. The van der Waals surface area contributed by atoms with Crippen molar-refractivity contribution in [2.24, 2.45) is 0 Å². The van der Waals surface area contributed by atoms with Crippen LogP contribution in [0.15, 0.2) is 61.4 Å². The zero-order valence-electron chi connectivity index (χ0n) is 19.5. The van der Waals surface area contributed by atoms with Crippen LogP contribution in [-0.2, 0) is 0 Å². The Morgan fingerprint density at radius 1 is 1.06 bits per heavy atom. The number of aromatic nitrogens is 6. The van der Waals surface area contributed by atoms with Gasteiger partial charge in [0.15, 0.2) is 5.65 Å². The quantitative estimate of drug-likeness (QED) is 0.400. The predicted octanol–water partition coefficient (Wildman–Crippen LogP) is 3.71. The SMILES string of the molecule is Cc1cc(Nc2ncnc3cnc(N4CCNC[C@@H]4C)cc23)ccc1Oc1ccn2ncnc2c1. The van der Waals surface area contributed by atoms with E-state index in [4.69, 9.17) is 4.74 Å². The molecule has 5 aromatic rings. The van der Waals surface area contributed by atoms with Crippen molar-refractivity contribution in [2.45, 2.75) is 19.9 Å². The van der Waals surface area contributed by atoms with Gasteiger partial charge in [-0.2, -0.15) is 5.10 Å². The number of nitrogens with zero attached hydrogens (tertiary/aromatic N) is 7. The van der Waals surface area contributed by atoms with E-state index in [1.165, 1.54) is 6.33 Å². The van der Waals surface area contributed by atoms with Gasteiger partial charge in [0, 0.05) is 49.0 Å². The van der Waals surface area contributed by atoms with Gasteiger partial charge in [0.2, 0.25) is 0 Å². The second-order valence-corrected chi connectivity index (χ2v) is 8.66. The molecule has 1 aliphatic heterocycles. The number of anilines is 3. The van der Waals surface area contributed by atoms with Crippen molar-refractivity contribution in [3.63, 3.8) is 0 Å². The van der Waals surface area contributed by atoms with Crippen LogP contribution < -0.4 is 20.3 Å². The number of hydrogen-bond donors (Lipinski definition) is 2. The summed E-state index contributed by atoms with van der Waals surface area (Å²) in [5.74, 6) is 3.16. The van der Waals surface area contributed by atoms with Crippen LogP contribution >= 0.6 is 0 Å². The number of ether oxygens (including phenoxy) is 1. The smallest absolute Gasteiger partial charge is 0.158 e. The van der Waals surface area contributed by atoms with Crippen molar-refractivity contribution in [1.29, 1.82) is 0 Å². The molecule has 5 heterocycles. The van der Waals surface area contributed by atoms with Crippen molar-refractivity contribution in [3.8, 4) is 11.5 Å². The average molecular weight is 468 g/mol. The Morgan fingerprint density at radius 3 is 2.89 bits per heavy atom. The monoisotopic (exact) mass is 467 g/mol. The summed E-state index contributed by atoms with van der Waals surface area (Å²) in [5, 5.41) is 11.9. The van der Waals surface area contributed by atoms with Gasteiger partial charge >= 0.3 is 0 Å². The molecule has 0 spiro atoms. The van der Waals surface area contributed by atoms with E-state index in [1.54, 1.807) is 10.8 Å². The number of fused-ring (bicyclic) bond motifs is 2. The molecule has 1 aliphatic rings. The second-order valence-electron chi connectivity index (χ2n) is 8.66. The Balaban J connectivity index is 1.26. The first-order chi connectivity index (χ1) is 17.1. The summed E-state index contributed by atoms with van der Waals surface area (Å²) in [5.41, 5.74) is 3.44. The molecule has 0 amide bonds. The minimum atomic E-state index is 0.371. The molecular formula is C25H25N9O. The van der Waals surface area contributed by atoms with E-state index in [2.05, 4.69) is 53.6 Å². The van der Waals surface area contributed by atoms with E-state index in [0.29, 0.717) is 11.8 Å². The fraction of sp³-hybridized carbons (Fsp3) is 0.240. The van der Waals surface area contributed by atoms with E-state index in [-0.39, 0.29) is 0 Å². The lowest BCUT2D eigenvalue weighted by Crippen LogP contribution is -2.50. The molecule has 0 unspecified atom stereocenters. The van der Waals surface area contributed by atoms with Crippen molar-refractivity contribution >= 4 is 33.9 Å². The molecule has 0 bridgehead atoms. The van der Waals surface area contributed by atoms with Gasteiger partial charge < -0.3 is 20.3 Å². The predicted molar refractivity (Wildman–Crippen MR) is 135 cm³/mol. The van der Waals surface area contributed by atoms with Crippen LogP contribution in [-0.4, -0.2) is 55.2 Å². The lowest BCUT2D eigenvalue weighted by Gasteiger charge is -2.35. The van der Waals surface area contributed by atoms with E-state index < -0.39 is 0 Å². The Kier molecular flexibility index (Phi) is 5.34. The summed E-state index contributed by atoms with van der Waals surface area (Å²) in [6.45, 7) is 7.02. The van der Waals surface area contributed by atoms with Gasteiger partial charge in [0.25, 0.3) is 0 Å². The lowest BCUT2D eigenvalue weighted by molar-refractivity contribution is 0.478. The van der Waals surface area contributed by atoms with Crippen LogP contribution in [0.4, 0.5) is 17.3 Å².